The fourth-order valence-electron chi connectivity index (χ4n) is 4.55. The van der Waals surface area contributed by atoms with E-state index in [-0.39, 0.29) is 37.3 Å². The van der Waals surface area contributed by atoms with Gasteiger partial charge in [-0.15, -0.1) is 35.8 Å². The first kappa shape index (κ1) is 31.6. The average Bonchev–Trinajstić information content (AvgIpc) is 3.67. The van der Waals surface area contributed by atoms with Crippen molar-refractivity contribution in [1.82, 2.24) is 20.1 Å². The molecule has 3 atom stereocenters. The molecule has 3 fully saturated rings. The SMILES string of the molecule is C#C.CC(C)C.CN1CCN(c2nc(-c3ccc(C(=O)NCC(=O)N4C[C@@H](Cl)[C@H]5OCC(=O)[C@H]54)cc3)cs2)CC1. The number of likely N-dealkylation sites (tertiary alicyclic amines) is 1. The molecule has 4 heterocycles. The predicted molar refractivity (Wildman–Crippen MR) is 160 cm³/mol. The topological polar surface area (TPSA) is 95.1 Å². The molecule has 5 rings (SSSR count). The highest BCUT2D eigenvalue weighted by Crippen LogP contribution is 2.31. The summed E-state index contributed by atoms with van der Waals surface area (Å²) in [6, 6.07) is 6.51. The number of rotatable bonds is 5. The van der Waals surface area contributed by atoms with E-state index in [0.717, 1.165) is 48.5 Å². The first-order valence-corrected chi connectivity index (χ1v) is 14.6. The monoisotopic (exact) mass is 587 g/mol. The summed E-state index contributed by atoms with van der Waals surface area (Å²) in [5.41, 5.74) is 2.25. The number of Topliss-reactive ketones (excluding diaryl/α,β-unsaturated/α-hetero) is 1. The van der Waals surface area contributed by atoms with Gasteiger partial charge in [-0.2, -0.15) is 0 Å². The number of alkyl halides is 1. The van der Waals surface area contributed by atoms with E-state index in [1.807, 2.05) is 17.5 Å². The van der Waals surface area contributed by atoms with Crippen LogP contribution in [-0.2, 0) is 14.3 Å². The van der Waals surface area contributed by atoms with E-state index in [2.05, 4.69) is 55.8 Å². The van der Waals surface area contributed by atoms with Gasteiger partial charge in [0.25, 0.3) is 5.91 Å². The van der Waals surface area contributed by atoms with E-state index in [4.69, 9.17) is 21.3 Å². The summed E-state index contributed by atoms with van der Waals surface area (Å²) in [5.74, 6) is -0.0226. The minimum Gasteiger partial charge on any atom is -0.366 e. The molecule has 3 aliphatic rings. The Kier molecular flexibility index (Phi) is 11.5. The van der Waals surface area contributed by atoms with Gasteiger partial charge < -0.3 is 24.8 Å². The molecule has 40 heavy (non-hydrogen) atoms. The third kappa shape index (κ3) is 7.82. The molecule has 1 N–H and O–H groups in total. The molecule has 11 heteroatoms. The van der Waals surface area contributed by atoms with Gasteiger partial charge in [-0.05, 0) is 25.1 Å². The predicted octanol–water partition coefficient (Wildman–Crippen LogP) is 2.99. The third-order valence-electron chi connectivity index (χ3n) is 6.55. The molecular weight excluding hydrogens is 550 g/mol. The second-order valence-electron chi connectivity index (χ2n) is 10.5. The maximum absolute atomic E-state index is 12.6. The standard InChI is InChI=1S/C23H26ClN5O4S.C4H10.C2H2/c1-27-6-8-28(9-7-27)23-26-17(13-34-23)14-2-4-15(5-3-14)22(32)25-10-19(31)29-11-16(24)21-20(29)18(30)12-33-21;1-4(2)3;1-2/h2-5,13,16,20-21H,6-12H2,1H3,(H,25,32);4H,1-3H3;1-2H/t16-,20-,21-;;/m1../s1. The number of ether oxygens (including phenoxy) is 1. The molecule has 3 saturated heterocycles. The van der Waals surface area contributed by atoms with Crippen molar-refractivity contribution in [3.05, 3.63) is 35.2 Å². The quantitative estimate of drug-likeness (QED) is 0.424. The summed E-state index contributed by atoms with van der Waals surface area (Å²) in [4.78, 5) is 48.1. The number of hydrogen-bond donors (Lipinski definition) is 1. The van der Waals surface area contributed by atoms with Crippen molar-refractivity contribution in [2.75, 3.05) is 57.8 Å². The van der Waals surface area contributed by atoms with Crippen LogP contribution in [0.4, 0.5) is 5.13 Å². The van der Waals surface area contributed by atoms with Gasteiger partial charge in [-0.25, -0.2) is 4.98 Å². The molecule has 216 valence electrons. The molecule has 2 aromatic rings. The van der Waals surface area contributed by atoms with Crippen LogP contribution in [0.1, 0.15) is 31.1 Å². The fourth-order valence-corrected chi connectivity index (χ4v) is 5.79. The summed E-state index contributed by atoms with van der Waals surface area (Å²) < 4.78 is 5.39. The Balaban J connectivity index is 0.000000677. The van der Waals surface area contributed by atoms with Crippen LogP contribution in [0.3, 0.4) is 0 Å². The zero-order chi connectivity index (χ0) is 29.4. The van der Waals surface area contributed by atoms with Crippen molar-refractivity contribution in [2.24, 2.45) is 5.92 Å². The van der Waals surface area contributed by atoms with Crippen LogP contribution in [0.5, 0.6) is 0 Å². The Labute approximate surface area is 245 Å². The lowest BCUT2D eigenvalue weighted by atomic mass is 10.1. The highest BCUT2D eigenvalue weighted by Gasteiger charge is 2.51. The van der Waals surface area contributed by atoms with Crippen LogP contribution in [0, 0.1) is 18.8 Å². The lowest BCUT2D eigenvalue weighted by molar-refractivity contribution is -0.135. The van der Waals surface area contributed by atoms with E-state index in [1.165, 1.54) is 4.90 Å². The van der Waals surface area contributed by atoms with Gasteiger partial charge in [0.1, 0.15) is 18.8 Å². The molecule has 1 aromatic carbocycles. The molecule has 0 radical (unpaired) electrons. The lowest BCUT2D eigenvalue weighted by Gasteiger charge is -2.32. The zero-order valence-electron chi connectivity index (χ0n) is 23.5. The van der Waals surface area contributed by atoms with Gasteiger partial charge in [0.05, 0.1) is 17.6 Å². The summed E-state index contributed by atoms with van der Waals surface area (Å²) in [5, 5.41) is 5.26. The number of likely N-dealkylation sites (N-methyl/N-ethyl adjacent to an activating group) is 1. The summed E-state index contributed by atoms with van der Waals surface area (Å²) >= 11 is 7.85. The van der Waals surface area contributed by atoms with Crippen molar-refractivity contribution in [3.8, 4) is 24.1 Å². The van der Waals surface area contributed by atoms with E-state index in [1.54, 1.807) is 23.5 Å². The molecule has 0 saturated carbocycles. The second-order valence-corrected chi connectivity index (χ2v) is 11.9. The molecule has 9 nitrogen and oxygen atoms in total. The molecule has 0 unspecified atom stereocenters. The number of benzene rings is 1. The number of anilines is 1. The normalized spacial score (nSPS) is 22.2. The van der Waals surface area contributed by atoms with Gasteiger partial charge in [0.2, 0.25) is 5.91 Å². The molecule has 2 amide bonds. The molecule has 0 aliphatic carbocycles. The Hall–Kier alpha value is -2.97. The van der Waals surface area contributed by atoms with Gasteiger partial charge >= 0.3 is 0 Å². The number of terminal acetylenes is 1. The number of piperazine rings is 1. The number of carbonyl (C=O) groups excluding carboxylic acids is 3. The second kappa shape index (κ2) is 14.6. The number of carbonyl (C=O) groups is 3. The van der Waals surface area contributed by atoms with Crippen molar-refractivity contribution in [3.63, 3.8) is 0 Å². The number of halogens is 1. The number of thiazole rings is 1. The maximum atomic E-state index is 12.6. The van der Waals surface area contributed by atoms with Crippen molar-refractivity contribution in [1.29, 1.82) is 0 Å². The van der Waals surface area contributed by atoms with Crippen molar-refractivity contribution < 1.29 is 19.1 Å². The summed E-state index contributed by atoms with van der Waals surface area (Å²) in [6.45, 7) is 10.5. The number of amides is 2. The third-order valence-corrected chi connectivity index (χ3v) is 7.84. The molecule has 0 spiro atoms. The van der Waals surface area contributed by atoms with Gasteiger partial charge in [0.15, 0.2) is 10.9 Å². The zero-order valence-corrected chi connectivity index (χ0v) is 25.1. The van der Waals surface area contributed by atoms with Crippen LogP contribution < -0.4 is 10.2 Å². The molecule has 3 aliphatic heterocycles. The summed E-state index contributed by atoms with van der Waals surface area (Å²) in [6.07, 6.45) is 7.53. The molecular formula is C29H38ClN5O4S. The minimum absolute atomic E-state index is 0.0309. The number of aromatic nitrogens is 1. The van der Waals surface area contributed by atoms with Crippen LogP contribution in [0.15, 0.2) is 29.6 Å². The number of hydrogen-bond acceptors (Lipinski definition) is 8. The Morgan fingerprint density at radius 2 is 1.77 bits per heavy atom. The maximum Gasteiger partial charge on any atom is 0.251 e. The van der Waals surface area contributed by atoms with Crippen LogP contribution in [-0.4, -0.2) is 103 Å². The van der Waals surface area contributed by atoms with Crippen LogP contribution >= 0.6 is 22.9 Å². The van der Waals surface area contributed by atoms with Gasteiger partial charge in [-0.3, -0.25) is 14.4 Å². The highest BCUT2D eigenvalue weighted by atomic mass is 35.5. The van der Waals surface area contributed by atoms with Gasteiger partial charge in [-0.1, -0.05) is 32.9 Å². The first-order chi connectivity index (χ1) is 19.1. The number of fused-ring (bicyclic) bond motifs is 1. The Morgan fingerprint density at radius 1 is 1.15 bits per heavy atom. The van der Waals surface area contributed by atoms with Crippen LogP contribution in [0.2, 0.25) is 0 Å². The molecule has 0 bridgehead atoms. The lowest BCUT2D eigenvalue weighted by Crippen LogP contribution is -2.46. The van der Waals surface area contributed by atoms with Crippen molar-refractivity contribution >= 4 is 45.7 Å². The van der Waals surface area contributed by atoms with E-state index in [9.17, 15) is 14.4 Å². The largest absolute Gasteiger partial charge is 0.366 e. The average molecular weight is 588 g/mol. The van der Waals surface area contributed by atoms with E-state index < -0.39 is 17.5 Å². The minimum atomic E-state index is -0.653. The van der Waals surface area contributed by atoms with E-state index in [0.29, 0.717) is 5.56 Å². The number of nitrogens with zero attached hydrogens (tertiary/aromatic N) is 4. The van der Waals surface area contributed by atoms with Gasteiger partial charge in [0, 0.05) is 49.2 Å². The smallest absolute Gasteiger partial charge is 0.251 e. The first-order valence-electron chi connectivity index (χ1n) is 13.3. The van der Waals surface area contributed by atoms with Crippen molar-refractivity contribution in [2.45, 2.75) is 38.3 Å². The number of ketones is 1. The Morgan fingerprint density at radius 3 is 2.40 bits per heavy atom. The summed E-state index contributed by atoms with van der Waals surface area (Å²) in [7, 11) is 2.13. The fraction of sp³-hybridized carbons (Fsp3) is 0.517. The number of nitrogens with one attached hydrogen (secondary N) is 1. The highest BCUT2D eigenvalue weighted by molar-refractivity contribution is 7.14. The van der Waals surface area contributed by atoms with Crippen LogP contribution in [0.25, 0.3) is 11.3 Å². The Bertz CT molecular complexity index is 1170. The van der Waals surface area contributed by atoms with E-state index >= 15 is 0 Å². The molecule has 1 aromatic heterocycles.